The number of piperidine rings is 1. The largest absolute Gasteiger partial charge is 0.481 e. The first-order valence-electron chi connectivity index (χ1n) is 7.52. The highest BCUT2D eigenvalue weighted by Crippen LogP contribution is 2.32. The number of halogens is 1. The third kappa shape index (κ3) is 2.87. The number of carboxylic acid groups (broad SMARTS) is 1. The molecule has 23 heavy (non-hydrogen) atoms. The average Bonchev–Trinajstić information content (AvgIpc) is 2.90. The summed E-state index contributed by atoms with van der Waals surface area (Å²) < 4.78 is 6.67. The molecule has 0 aliphatic carbocycles. The van der Waals surface area contributed by atoms with Gasteiger partial charge in [-0.25, -0.2) is 0 Å². The maximum Gasteiger partial charge on any atom is 0.311 e. The van der Waals surface area contributed by atoms with Crippen LogP contribution in [0.1, 0.15) is 35.9 Å². The van der Waals surface area contributed by atoms with E-state index in [1.165, 1.54) is 0 Å². The molecule has 5 nitrogen and oxygen atoms in total. The highest BCUT2D eigenvalue weighted by molar-refractivity contribution is 9.10. The molecule has 1 aromatic carbocycles. The molecule has 0 bridgehead atoms. The van der Waals surface area contributed by atoms with E-state index < -0.39 is 11.4 Å². The third-order valence-corrected chi connectivity index (χ3v) is 4.94. The molecule has 1 amide bonds. The minimum absolute atomic E-state index is 0.209. The van der Waals surface area contributed by atoms with Crippen molar-refractivity contribution in [2.75, 3.05) is 13.1 Å². The second-order valence-electron chi connectivity index (χ2n) is 6.45. The van der Waals surface area contributed by atoms with Gasteiger partial charge in [-0.15, -0.1) is 0 Å². The molecular formula is C17H18BrNO4. The number of carbonyl (C=O) groups excluding carboxylic acids is 1. The van der Waals surface area contributed by atoms with E-state index in [4.69, 9.17) is 4.42 Å². The standard InChI is InChI=1S/C17H18BrNO4/c1-10-6-12(18)7-11-8-13(23-14(10)11)15(20)19-5-3-4-17(2,9-19)16(21)22/h6-8H,3-5,9H2,1-2H3,(H,21,22). The fourth-order valence-electron chi connectivity index (χ4n) is 3.13. The predicted octanol–water partition coefficient (Wildman–Crippen LogP) is 3.83. The van der Waals surface area contributed by atoms with Gasteiger partial charge < -0.3 is 14.4 Å². The summed E-state index contributed by atoms with van der Waals surface area (Å²) in [4.78, 5) is 25.7. The Morgan fingerprint density at radius 2 is 2.09 bits per heavy atom. The van der Waals surface area contributed by atoms with Crippen LogP contribution in [0.2, 0.25) is 0 Å². The van der Waals surface area contributed by atoms with Crippen LogP contribution in [-0.2, 0) is 4.79 Å². The van der Waals surface area contributed by atoms with Gasteiger partial charge in [-0.2, -0.15) is 0 Å². The van der Waals surface area contributed by atoms with Crippen molar-refractivity contribution in [3.8, 4) is 0 Å². The number of rotatable bonds is 2. The van der Waals surface area contributed by atoms with Crippen LogP contribution in [0, 0.1) is 12.3 Å². The quantitative estimate of drug-likeness (QED) is 0.860. The van der Waals surface area contributed by atoms with Gasteiger partial charge in [0.05, 0.1) is 5.41 Å². The Balaban J connectivity index is 1.91. The van der Waals surface area contributed by atoms with Gasteiger partial charge in [-0.1, -0.05) is 15.9 Å². The van der Waals surface area contributed by atoms with E-state index in [1.807, 2.05) is 19.1 Å². The zero-order valence-electron chi connectivity index (χ0n) is 13.1. The molecular weight excluding hydrogens is 362 g/mol. The van der Waals surface area contributed by atoms with Gasteiger partial charge in [0, 0.05) is 22.9 Å². The van der Waals surface area contributed by atoms with Crippen molar-refractivity contribution >= 4 is 38.8 Å². The van der Waals surface area contributed by atoms with Crippen molar-refractivity contribution in [2.45, 2.75) is 26.7 Å². The Hall–Kier alpha value is -1.82. The summed E-state index contributed by atoms with van der Waals surface area (Å²) in [6.45, 7) is 4.38. The van der Waals surface area contributed by atoms with E-state index in [1.54, 1.807) is 17.9 Å². The van der Waals surface area contributed by atoms with Crippen molar-refractivity contribution in [1.29, 1.82) is 0 Å². The summed E-state index contributed by atoms with van der Waals surface area (Å²) in [6.07, 6.45) is 1.26. The summed E-state index contributed by atoms with van der Waals surface area (Å²) in [5.41, 5.74) is 0.746. The topological polar surface area (TPSA) is 70.8 Å². The minimum Gasteiger partial charge on any atom is -0.481 e. The van der Waals surface area contributed by atoms with Gasteiger partial charge in [-0.05, 0) is 50.5 Å². The molecule has 0 spiro atoms. The third-order valence-electron chi connectivity index (χ3n) is 4.48. The molecule has 1 aliphatic heterocycles. The molecule has 1 aromatic heterocycles. The lowest BCUT2D eigenvalue weighted by atomic mass is 9.82. The zero-order chi connectivity index (χ0) is 16.8. The van der Waals surface area contributed by atoms with Crippen molar-refractivity contribution in [2.24, 2.45) is 5.41 Å². The Morgan fingerprint density at radius 3 is 2.78 bits per heavy atom. The van der Waals surface area contributed by atoms with Crippen LogP contribution < -0.4 is 0 Å². The van der Waals surface area contributed by atoms with Crippen LogP contribution in [0.25, 0.3) is 11.0 Å². The SMILES string of the molecule is Cc1cc(Br)cc2cc(C(=O)N3CCCC(C)(C(=O)O)C3)oc12. The van der Waals surface area contributed by atoms with Gasteiger partial charge in [0.25, 0.3) is 5.91 Å². The first-order chi connectivity index (χ1) is 10.8. The summed E-state index contributed by atoms with van der Waals surface area (Å²) in [5, 5.41) is 10.2. The number of benzene rings is 1. The molecule has 6 heteroatoms. The molecule has 1 fully saturated rings. The molecule has 1 unspecified atom stereocenters. The van der Waals surface area contributed by atoms with Crippen LogP contribution >= 0.6 is 15.9 Å². The molecule has 1 aliphatic rings. The van der Waals surface area contributed by atoms with Crippen molar-refractivity contribution < 1.29 is 19.1 Å². The number of aliphatic carboxylic acids is 1. The Kier molecular flexibility index (Phi) is 3.96. The number of amides is 1. The van der Waals surface area contributed by atoms with E-state index in [0.717, 1.165) is 15.4 Å². The van der Waals surface area contributed by atoms with E-state index in [9.17, 15) is 14.7 Å². The summed E-state index contributed by atoms with van der Waals surface area (Å²) in [6, 6.07) is 5.56. The van der Waals surface area contributed by atoms with Gasteiger partial charge in [-0.3, -0.25) is 9.59 Å². The number of fused-ring (bicyclic) bond motifs is 1. The first-order valence-corrected chi connectivity index (χ1v) is 8.32. The molecule has 1 saturated heterocycles. The smallest absolute Gasteiger partial charge is 0.311 e. The van der Waals surface area contributed by atoms with E-state index >= 15 is 0 Å². The van der Waals surface area contributed by atoms with Gasteiger partial charge in [0.1, 0.15) is 5.58 Å². The van der Waals surface area contributed by atoms with Gasteiger partial charge in [0.15, 0.2) is 5.76 Å². The van der Waals surface area contributed by atoms with Gasteiger partial charge >= 0.3 is 5.97 Å². The Morgan fingerprint density at radius 1 is 1.35 bits per heavy atom. The van der Waals surface area contributed by atoms with Crippen LogP contribution in [0.15, 0.2) is 27.1 Å². The van der Waals surface area contributed by atoms with Crippen LogP contribution in [0.3, 0.4) is 0 Å². The lowest BCUT2D eigenvalue weighted by molar-refractivity contribution is -0.150. The number of hydrogen-bond donors (Lipinski definition) is 1. The van der Waals surface area contributed by atoms with E-state index in [0.29, 0.717) is 25.0 Å². The number of carbonyl (C=O) groups is 2. The van der Waals surface area contributed by atoms with Crippen molar-refractivity contribution in [1.82, 2.24) is 4.90 Å². The molecule has 1 N–H and O–H groups in total. The molecule has 3 rings (SSSR count). The Labute approximate surface area is 142 Å². The van der Waals surface area contributed by atoms with Crippen LogP contribution in [0.4, 0.5) is 0 Å². The zero-order valence-corrected chi connectivity index (χ0v) is 14.6. The first kappa shape index (κ1) is 16.1. The number of aryl methyl sites for hydroxylation is 1. The molecule has 0 saturated carbocycles. The van der Waals surface area contributed by atoms with Crippen LogP contribution in [0.5, 0.6) is 0 Å². The van der Waals surface area contributed by atoms with E-state index in [-0.39, 0.29) is 18.2 Å². The minimum atomic E-state index is -0.890. The maximum atomic E-state index is 12.7. The fraction of sp³-hybridized carbons (Fsp3) is 0.412. The number of furan rings is 1. The fourth-order valence-corrected chi connectivity index (χ4v) is 3.72. The second kappa shape index (κ2) is 5.67. The summed E-state index contributed by atoms with van der Waals surface area (Å²) in [7, 11) is 0. The number of nitrogens with zero attached hydrogens (tertiary/aromatic N) is 1. The predicted molar refractivity (Wildman–Crippen MR) is 89.5 cm³/mol. The maximum absolute atomic E-state index is 12.7. The lowest BCUT2D eigenvalue weighted by Gasteiger charge is -2.37. The lowest BCUT2D eigenvalue weighted by Crippen LogP contribution is -2.48. The second-order valence-corrected chi connectivity index (χ2v) is 7.36. The van der Waals surface area contributed by atoms with Crippen molar-refractivity contribution in [3.05, 3.63) is 34.0 Å². The monoisotopic (exact) mass is 379 g/mol. The molecule has 0 radical (unpaired) electrons. The summed E-state index contributed by atoms with van der Waals surface area (Å²) in [5.74, 6) is -0.848. The normalized spacial score (nSPS) is 21.6. The van der Waals surface area contributed by atoms with Gasteiger partial charge in [0.2, 0.25) is 0 Å². The molecule has 2 aromatic rings. The molecule has 1 atom stereocenters. The summed E-state index contributed by atoms with van der Waals surface area (Å²) >= 11 is 3.43. The molecule has 122 valence electrons. The number of hydrogen-bond acceptors (Lipinski definition) is 3. The number of carboxylic acids is 1. The van der Waals surface area contributed by atoms with E-state index in [2.05, 4.69) is 15.9 Å². The molecule has 2 heterocycles. The van der Waals surface area contributed by atoms with Crippen molar-refractivity contribution in [3.63, 3.8) is 0 Å². The Bertz CT molecular complexity index is 797. The highest BCUT2D eigenvalue weighted by Gasteiger charge is 2.40. The highest BCUT2D eigenvalue weighted by atomic mass is 79.9. The number of likely N-dealkylation sites (tertiary alicyclic amines) is 1. The van der Waals surface area contributed by atoms with Crippen LogP contribution in [-0.4, -0.2) is 35.0 Å². The average molecular weight is 380 g/mol.